The Hall–Kier alpha value is -3.59. The number of carboxylic acid groups (broad SMARTS) is 1. The molecule has 0 aliphatic rings. The van der Waals surface area contributed by atoms with Gasteiger partial charge in [-0.3, -0.25) is 9.59 Å². The number of thioether (sulfide) groups is 1. The highest BCUT2D eigenvalue weighted by atomic mass is 35.5. The van der Waals surface area contributed by atoms with Crippen LogP contribution in [0.15, 0.2) is 95.2 Å². The molecule has 1 unspecified atom stereocenters. The molecule has 0 saturated heterocycles. The number of carbonyl (C=O) groups is 3. The molecule has 0 fully saturated rings. The molecule has 0 radical (unpaired) electrons. The van der Waals surface area contributed by atoms with Crippen LogP contribution in [0.1, 0.15) is 30.8 Å². The van der Waals surface area contributed by atoms with Crippen molar-refractivity contribution in [2.24, 2.45) is 0 Å². The molecular weight excluding hydrogens is 504 g/mol. The third kappa shape index (κ3) is 6.30. The maximum Gasteiger partial charge on any atom is 0.335 e. The number of nitrogens with one attached hydrogen (secondary N) is 2. The number of halogens is 1. The van der Waals surface area contributed by atoms with Gasteiger partial charge in [0.15, 0.2) is 0 Å². The zero-order valence-corrected chi connectivity index (χ0v) is 20.5. The Balaban J connectivity index is 1.53. The number of carbonyl (C=O) groups excluding carboxylic acids is 2. The predicted molar refractivity (Wildman–Crippen MR) is 141 cm³/mol. The number of carboxylic acids is 1. The van der Waals surface area contributed by atoms with E-state index in [1.807, 2.05) is 53.9 Å². The van der Waals surface area contributed by atoms with Crippen molar-refractivity contribution < 1.29 is 19.5 Å². The van der Waals surface area contributed by atoms with Crippen molar-refractivity contribution in [3.63, 3.8) is 0 Å². The van der Waals surface area contributed by atoms with Crippen LogP contribution in [0.4, 0.5) is 11.4 Å². The molecule has 1 heterocycles. The molecule has 1 atom stereocenters. The summed E-state index contributed by atoms with van der Waals surface area (Å²) >= 11 is 8.90. The zero-order chi connectivity index (χ0) is 24.8. The number of amides is 2. The highest BCUT2D eigenvalue weighted by Crippen LogP contribution is 2.37. The lowest BCUT2D eigenvalue weighted by atomic mass is 10.1. The molecule has 0 spiro atoms. The van der Waals surface area contributed by atoms with E-state index >= 15 is 0 Å². The Morgan fingerprint density at radius 2 is 1.63 bits per heavy atom. The van der Waals surface area contributed by atoms with Gasteiger partial charge in [-0.2, -0.15) is 0 Å². The standard InChI is InChI=1S/C26H19ClN2O4S2/c27-20-13-8-17(26(32)33)15-21(20)29-25(31)23(16-5-2-1-3-6-16)35-19-11-9-18(10-12-19)28-24(30)22-7-4-14-34-22/h1-15,23H,(H,28,30)(H,29,31)(H,32,33). The Kier molecular flexibility index (Phi) is 7.87. The van der Waals surface area contributed by atoms with E-state index in [4.69, 9.17) is 11.6 Å². The number of anilines is 2. The Labute approximate surface area is 215 Å². The van der Waals surface area contributed by atoms with Gasteiger partial charge in [0.1, 0.15) is 5.25 Å². The average molecular weight is 523 g/mol. The second kappa shape index (κ2) is 11.2. The lowest BCUT2D eigenvalue weighted by molar-refractivity contribution is -0.115. The van der Waals surface area contributed by atoms with Gasteiger partial charge in [-0.25, -0.2) is 4.79 Å². The quantitative estimate of drug-likeness (QED) is 0.220. The Morgan fingerprint density at radius 3 is 2.29 bits per heavy atom. The number of thiophene rings is 1. The van der Waals surface area contributed by atoms with Gasteiger partial charge in [0.2, 0.25) is 5.91 Å². The molecular formula is C26H19ClN2O4S2. The molecule has 3 aromatic carbocycles. The van der Waals surface area contributed by atoms with Crippen LogP contribution in [-0.4, -0.2) is 22.9 Å². The summed E-state index contributed by atoms with van der Waals surface area (Å²) in [6, 6.07) is 24.2. The van der Waals surface area contributed by atoms with Crippen LogP contribution in [0.5, 0.6) is 0 Å². The Bertz CT molecular complexity index is 1340. The minimum absolute atomic E-state index is 0.0220. The van der Waals surface area contributed by atoms with Crippen molar-refractivity contribution in [3.05, 3.63) is 111 Å². The van der Waals surface area contributed by atoms with Crippen molar-refractivity contribution in [3.8, 4) is 0 Å². The highest BCUT2D eigenvalue weighted by molar-refractivity contribution is 8.00. The SMILES string of the molecule is O=C(O)c1ccc(Cl)c(NC(=O)C(Sc2ccc(NC(=O)c3cccs3)cc2)c2ccccc2)c1. The maximum absolute atomic E-state index is 13.3. The maximum atomic E-state index is 13.3. The fourth-order valence-electron chi connectivity index (χ4n) is 3.21. The van der Waals surface area contributed by atoms with E-state index in [0.29, 0.717) is 10.6 Å². The minimum atomic E-state index is -1.11. The lowest BCUT2D eigenvalue weighted by Crippen LogP contribution is -2.19. The molecule has 176 valence electrons. The fourth-order valence-corrected chi connectivity index (χ4v) is 5.01. The molecule has 2 amide bonds. The van der Waals surface area contributed by atoms with E-state index < -0.39 is 11.2 Å². The smallest absolute Gasteiger partial charge is 0.335 e. The number of aromatic carboxylic acids is 1. The first-order chi connectivity index (χ1) is 16.9. The number of hydrogen-bond acceptors (Lipinski definition) is 5. The van der Waals surface area contributed by atoms with Crippen LogP contribution in [-0.2, 0) is 4.79 Å². The summed E-state index contributed by atoms with van der Waals surface area (Å²) in [6.45, 7) is 0. The Morgan fingerprint density at radius 1 is 0.886 bits per heavy atom. The molecule has 9 heteroatoms. The largest absolute Gasteiger partial charge is 0.478 e. The second-order valence-electron chi connectivity index (χ2n) is 7.35. The fraction of sp³-hybridized carbons (Fsp3) is 0.0385. The van der Waals surface area contributed by atoms with E-state index in [-0.39, 0.29) is 28.1 Å². The van der Waals surface area contributed by atoms with Crippen molar-refractivity contribution in [2.45, 2.75) is 10.1 Å². The molecule has 35 heavy (non-hydrogen) atoms. The molecule has 6 nitrogen and oxygen atoms in total. The van der Waals surface area contributed by atoms with Gasteiger partial charge in [0.25, 0.3) is 5.91 Å². The van der Waals surface area contributed by atoms with Crippen LogP contribution in [0, 0.1) is 0 Å². The molecule has 4 rings (SSSR count). The van der Waals surface area contributed by atoms with Crippen molar-refractivity contribution >= 4 is 63.9 Å². The summed E-state index contributed by atoms with van der Waals surface area (Å²) in [5.41, 5.74) is 1.67. The van der Waals surface area contributed by atoms with Gasteiger partial charge in [-0.15, -0.1) is 23.1 Å². The summed E-state index contributed by atoms with van der Waals surface area (Å²) in [7, 11) is 0. The van der Waals surface area contributed by atoms with Crippen LogP contribution in [0.25, 0.3) is 0 Å². The van der Waals surface area contributed by atoms with Crippen molar-refractivity contribution in [2.75, 3.05) is 10.6 Å². The van der Waals surface area contributed by atoms with Gasteiger partial charge >= 0.3 is 5.97 Å². The predicted octanol–water partition coefficient (Wildman–Crippen LogP) is 6.82. The summed E-state index contributed by atoms with van der Waals surface area (Å²) < 4.78 is 0. The van der Waals surface area contributed by atoms with Crippen LogP contribution >= 0.6 is 34.7 Å². The summed E-state index contributed by atoms with van der Waals surface area (Å²) in [5.74, 6) is -1.64. The zero-order valence-electron chi connectivity index (χ0n) is 18.1. The molecule has 0 aliphatic carbocycles. The van der Waals surface area contributed by atoms with E-state index in [1.165, 1.54) is 41.3 Å². The average Bonchev–Trinajstić information content (AvgIpc) is 3.40. The van der Waals surface area contributed by atoms with Gasteiger partial charge in [-0.05, 0) is 59.5 Å². The number of hydrogen-bond donors (Lipinski definition) is 3. The summed E-state index contributed by atoms with van der Waals surface area (Å²) in [4.78, 5) is 38.3. The van der Waals surface area contributed by atoms with Gasteiger partial charge in [-0.1, -0.05) is 48.0 Å². The van der Waals surface area contributed by atoms with Crippen LogP contribution in [0.3, 0.4) is 0 Å². The van der Waals surface area contributed by atoms with Crippen LogP contribution < -0.4 is 10.6 Å². The van der Waals surface area contributed by atoms with E-state index in [1.54, 1.807) is 18.2 Å². The minimum Gasteiger partial charge on any atom is -0.478 e. The first kappa shape index (κ1) is 24.5. The lowest BCUT2D eigenvalue weighted by Gasteiger charge is -2.18. The van der Waals surface area contributed by atoms with Gasteiger partial charge in [0, 0.05) is 10.6 Å². The second-order valence-corrected chi connectivity index (χ2v) is 9.89. The third-order valence-electron chi connectivity index (χ3n) is 4.92. The molecule has 3 N–H and O–H groups in total. The summed E-state index contributed by atoms with van der Waals surface area (Å²) in [6.07, 6.45) is 0. The first-order valence-corrected chi connectivity index (χ1v) is 12.5. The van der Waals surface area contributed by atoms with Crippen molar-refractivity contribution in [1.82, 2.24) is 0 Å². The monoisotopic (exact) mass is 522 g/mol. The first-order valence-electron chi connectivity index (χ1n) is 10.4. The summed E-state index contributed by atoms with van der Waals surface area (Å²) in [5, 5.41) is 16.3. The molecule has 4 aromatic rings. The highest BCUT2D eigenvalue weighted by Gasteiger charge is 2.23. The molecule has 0 bridgehead atoms. The number of rotatable bonds is 8. The van der Waals surface area contributed by atoms with Gasteiger partial charge < -0.3 is 15.7 Å². The van der Waals surface area contributed by atoms with Crippen LogP contribution in [0.2, 0.25) is 5.02 Å². The van der Waals surface area contributed by atoms with E-state index in [9.17, 15) is 19.5 Å². The normalized spacial score (nSPS) is 11.5. The van der Waals surface area contributed by atoms with E-state index in [2.05, 4.69) is 10.6 Å². The van der Waals surface area contributed by atoms with Crippen molar-refractivity contribution in [1.29, 1.82) is 0 Å². The molecule has 1 aromatic heterocycles. The molecule has 0 saturated carbocycles. The third-order valence-corrected chi connectivity index (χ3v) is 7.39. The number of benzene rings is 3. The van der Waals surface area contributed by atoms with Gasteiger partial charge in [0.05, 0.1) is 21.2 Å². The molecule has 0 aliphatic heterocycles. The topological polar surface area (TPSA) is 95.5 Å². The van der Waals surface area contributed by atoms with E-state index in [0.717, 1.165) is 10.5 Å².